The van der Waals surface area contributed by atoms with Gasteiger partial charge in [-0.25, -0.2) is 4.79 Å². The highest BCUT2D eigenvalue weighted by atomic mass is 16.9. The molecular formula is C12H19NO6. The smallest absolute Gasteiger partial charge is 0.409 e. The topological polar surface area (TPSA) is 74.3 Å². The Balaban J connectivity index is 2.06. The number of amides is 1. The number of Topliss-reactive ketones (excluding diaryl/α,β-unsaturated/α-hetero) is 1. The van der Waals surface area contributed by atoms with E-state index in [-0.39, 0.29) is 12.3 Å². The second-order valence-electron chi connectivity index (χ2n) is 4.43. The van der Waals surface area contributed by atoms with E-state index in [2.05, 4.69) is 4.74 Å². The van der Waals surface area contributed by atoms with Crippen molar-refractivity contribution in [2.75, 3.05) is 40.0 Å². The monoisotopic (exact) mass is 273 g/mol. The third-order valence-electron chi connectivity index (χ3n) is 3.32. The maximum Gasteiger partial charge on any atom is 0.409 e. The van der Waals surface area contributed by atoms with Crippen molar-refractivity contribution < 1.29 is 28.5 Å². The molecule has 0 bridgehead atoms. The van der Waals surface area contributed by atoms with Crippen molar-refractivity contribution in [2.45, 2.75) is 19.3 Å². The van der Waals surface area contributed by atoms with Gasteiger partial charge in [-0.3, -0.25) is 4.79 Å². The molecular weight excluding hydrogens is 254 g/mol. The van der Waals surface area contributed by atoms with Crippen LogP contribution in [0.2, 0.25) is 0 Å². The van der Waals surface area contributed by atoms with E-state index >= 15 is 0 Å². The predicted octanol–water partition coefficient (Wildman–Crippen LogP) is 0.381. The molecule has 0 aliphatic carbocycles. The number of rotatable bonds is 3. The molecule has 2 aliphatic rings. The summed E-state index contributed by atoms with van der Waals surface area (Å²) in [5.74, 6) is -1.91. The molecule has 1 amide bonds. The summed E-state index contributed by atoms with van der Waals surface area (Å²) in [6.07, 6.45) is -0.0565. The highest BCUT2D eigenvalue weighted by Gasteiger charge is 2.51. The lowest BCUT2D eigenvalue weighted by Crippen LogP contribution is -2.54. The van der Waals surface area contributed by atoms with Crippen LogP contribution in [-0.2, 0) is 23.7 Å². The van der Waals surface area contributed by atoms with E-state index in [1.807, 2.05) is 6.92 Å². The number of hydrogen-bond donors (Lipinski definition) is 0. The molecule has 7 heteroatoms. The lowest BCUT2D eigenvalue weighted by atomic mass is 9.93. The minimum absolute atomic E-state index is 0.00111. The van der Waals surface area contributed by atoms with Gasteiger partial charge in [0.25, 0.3) is 5.97 Å². The lowest BCUT2D eigenvalue weighted by molar-refractivity contribution is -0.352. The first kappa shape index (κ1) is 14.2. The third-order valence-corrected chi connectivity index (χ3v) is 3.32. The Labute approximate surface area is 111 Å². The molecule has 19 heavy (non-hydrogen) atoms. The van der Waals surface area contributed by atoms with Crippen molar-refractivity contribution in [1.82, 2.24) is 4.90 Å². The Morgan fingerprint density at radius 2 is 2.16 bits per heavy atom. The van der Waals surface area contributed by atoms with Crippen LogP contribution >= 0.6 is 0 Å². The molecule has 2 fully saturated rings. The number of piperidine rings is 1. The number of carbonyl (C=O) groups is 2. The molecule has 0 spiro atoms. The van der Waals surface area contributed by atoms with Crippen LogP contribution in [-0.4, -0.2) is 62.8 Å². The quantitative estimate of drug-likeness (QED) is 0.740. The standard InChI is InChI=1S/C12H19NO6/c1-3-17-12(18-6-7-19-12)9-4-5-13(8-10(9)14)11(15)16-2/h9H,3-8H2,1-2H3. The normalized spacial score (nSPS) is 26.5. The van der Waals surface area contributed by atoms with Gasteiger partial charge in [-0.2, -0.15) is 0 Å². The van der Waals surface area contributed by atoms with E-state index in [1.165, 1.54) is 12.0 Å². The summed E-state index contributed by atoms with van der Waals surface area (Å²) < 4.78 is 21.2. The average molecular weight is 273 g/mol. The van der Waals surface area contributed by atoms with Gasteiger partial charge < -0.3 is 23.8 Å². The van der Waals surface area contributed by atoms with Gasteiger partial charge in [-0.15, -0.1) is 0 Å². The molecule has 1 atom stereocenters. The van der Waals surface area contributed by atoms with E-state index in [0.717, 1.165) is 0 Å². The number of methoxy groups -OCH3 is 1. The third kappa shape index (κ3) is 2.72. The molecule has 108 valence electrons. The fourth-order valence-electron chi connectivity index (χ4n) is 2.48. The summed E-state index contributed by atoms with van der Waals surface area (Å²) in [7, 11) is 1.30. The van der Waals surface area contributed by atoms with Crippen LogP contribution in [0.1, 0.15) is 13.3 Å². The molecule has 1 unspecified atom stereocenters. The van der Waals surface area contributed by atoms with Gasteiger partial charge in [-0.1, -0.05) is 0 Å². The van der Waals surface area contributed by atoms with Crippen LogP contribution in [0.5, 0.6) is 0 Å². The number of ether oxygens (including phenoxy) is 4. The summed E-state index contributed by atoms with van der Waals surface area (Å²) in [6, 6.07) is 0. The van der Waals surface area contributed by atoms with Crippen molar-refractivity contribution in [3.8, 4) is 0 Å². The van der Waals surface area contributed by atoms with Gasteiger partial charge in [0.05, 0.1) is 26.9 Å². The lowest BCUT2D eigenvalue weighted by Gasteiger charge is -2.38. The van der Waals surface area contributed by atoms with Gasteiger partial charge in [0.15, 0.2) is 5.78 Å². The molecule has 0 aromatic carbocycles. The first-order valence-electron chi connectivity index (χ1n) is 6.40. The summed E-state index contributed by atoms with van der Waals surface area (Å²) in [4.78, 5) is 25.0. The maximum atomic E-state index is 12.2. The van der Waals surface area contributed by atoms with E-state index < -0.39 is 18.0 Å². The predicted molar refractivity (Wildman–Crippen MR) is 63.4 cm³/mol. The zero-order valence-electron chi connectivity index (χ0n) is 11.2. The SMILES string of the molecule is CCOC1(C2CCN(C(=O)OC)CC2=O)OCCO1. The Morgan fingerprint density at radius 1 is 1.47 bits per heavy atom. The molecule has 2 heterocycles. The molecule has 7 nitrogen and oxygen atoms in total. The first-order valence-corrected chi connectivity index (χ1v) is 6.40. The van der Waals surface area contributed by atoms with Crippen molar-refractivity contribution in [3.05, 3.63) is 0 Å². The highest BCUT2D eigenvalue weighted by Crippen LogP contribution is 2.34. The Morgan fingerprint density at radius 3 is 2.68 bits per heavy atom. The zero-order chi connectivity index (χ0) is 13.9. The minimum atomic E-state index is -1.27. The zero-order valence-corrected chi connectivity index (χ0v) is 11.2. The summed E-state index contributed by atoms with van der Waals surface area (Å²) in [6.45, 7) is 3.45. The van der Waals surface area contributed by atoms with Gasteiger partial charge in [0.2, 0.25) is 0 Å². The van der Waals surface area contributed by atoms with E-state index in [1.54, 1.807) is 0 Å². The minimum Gasteiger partial charge on any atom is -0.453 e. The van der Waals surface area contributed by atoms with E-state index in [0.29, 0.717) is 32.8 Å². The summed E-state index contributed by atoms with van der Waals surface area (Å²) in [5, 5.41) is 0. The number of likely N-dealkylation sites (tertiary alicyclic amines) is 1. The summed E-state index contributed by atoms with van der Waals surface area (Å²) in [5.41, 5.74) is 0. The van der Waals surface area contributed by atoms with Crippen LogP contribution in [0.15, 0.2) is 0 Å². The van der Waals surface area contributed by atoms with Gasteiger partial charge in [-0.05, 0) is 13.3 Å². The fraction of sp³-hybridized carbons (Fsp3) is 0.833. The molecule has 0 saturated carbocycles. The maximum absolute atomic E-state index is 12.2. The van der Waals surface area contributed by atoms with Crippen LogP contribution in [0, 0.1) is 5.92 Å². The second-order valence-corrected chi connectivity index (χ2v) is 4.43. The van der Waals surface area contributed by atoms with E-state index in [9.17, 15) is 9.59 Å². The van der Waals surface area contributed by atoms with Crippen molar-refractivity contribution >= 4 is 11.9 Å². The van der Waals surface area contributed by atoms with Crippen molar-refractivity contribution in [3.63, 3.8) is 0 Å². The van der Waals surface area contributed by atoms with Crippen LogP contribution in [0.4, 0.5) is 4.79 Å². The van der Waals surface area contributed by atoms with Gasteiger partial charge >= 0.3 is 6.09 Å². The molecule has 2 rings (SSSR count). The van der Waals surface area contributed by atoms with Gasteiger partial charge in [0, 0.05) is 13.2 Å². The number of carbonyl (C=O) groups excluding carboxylic acids is 2. The molecule has 0 radical (unpaired) electrons. The first-order chi connectivity index (χ1) is 9.13. The summed E-state index contributed by atoms with van der Waals surface area (Å²) >= 11 is 0. The van der Waals surface area contributed by atoms with Crippen LogP contribution in [0.25, 0.3) is 0 Å². The van der Waals surface area contributed by atoms with E-state index in [4.69, 9.17) is 14.2 Å². The molecule has 0 aromatic rings. The molecule has 0 aromatic heterocycles. The number of hydrogen-bond acceptors (Lipinski definition) is 6. The largest absolute Gasteiger partial charge is 0.453 e. The Bertz CT molecular complexity index is 352. The van der Waals surface area contributed by atoms with Crippen LogP contribution < -0.4 is 0 Å². The van der Waals surface area contributed by atoms with Crippen molar-refractivity contribution in [2.24, 2.45) is 5.92 Å². The van der Waals surface area contributed by atoms with Gasteiger partial charge in [0.1, 0.15) is 5.92 Å². The number of nitrogens with zero attached hydrogens (tertiary/aromatic N) is 1. The van der Waals surface area contributed by atoms with Crippen LogP contribution in [0.3, 0.4) is 0 Å². The highest BCUT2D eigenvalue weighted by molar-refractivity contribution is 5.87. The average Bonchev–Trinajstić information content (AvgIpc) is 2.87. The number of ketones is 1. The molecule has 0 N–H and O–H groups in total. The second kappa shape index (κ2) is 5.85. The Hall–Kier alpha value is -1.18. The molecule has 2 aliphatic heterocycles. The fourth-order valence-corrected chi connectivity index (χ4v) is 2.48. The van der Waals surface area contributed by atoms with Crippen molar-refractivity contribution in [1.29, 1.82) is 0 Å². The Kier molecular flexibility index (Phi) is 4.38. The molecule has 2 saturated heterocycles.